The minimum Gasteiger partial charge on any atom is -0.508 e. The number of hydrogen-bond donors (Lipinski definition) is 3. The van der Waals surface area contributed by atoms with Crippen molar-refractivity contribution in [3.8, 4) is 11.5 Å². The van der Waals surface area contributed by atoms with E-state index in [0.29, 0.717) is 6.04 Å². The maximum atomic E-state index is 9.84. The second-order valence-electron chi connectivity index (χ2n) is 5.50. The van der Waals surface area contributed by atoms with Gasteiger partial charge >= 0.3 is 0 Å². The van der Waals surface area contributed by atoms with Crippen LogP contribution in [0.5, 0.6) is 11.5 Å². The Balaban J connectivity index is 1.91. The van der Waals surface area contributed by atoms with E-state index in [1.807, 2.05) is 6.92 Å². The lowest BCUT2D eigenvalue weighted by Crippen LogP contribution is -2.43. The molecule has 1 aromatic rings. The SMILES string of the molecule is CC(NCC1CCCCN1C)c1ccc(O)cc1O. The highest BCUT2D eigenvalue weighted by molar-refractivity contribution is 5.40. The molecule has 0 aliphatic carbocycles. The van der Waals surface area contributed by atoms with E-state index in [1.165, 1.54) is 31.9 Å². The molecule has 0 amide bonds. The van der Waals surface area contributed by atoms with Crippen LogP contribution in [0.1, 0.15) is 37.8 Å². The van der Waals surface area contributed by atoms with Crippen molar-refractivity contribution in [2.75, 3.05) is 20.1 Å². The van der Waals surface area contributed by atoms with E-state index in [4.69, 9.17) is 0 Å². The smallest absolute Gasteiger partial charge is 0.124 e. The van der Waals surface area contributed by atoms with Gasteiger partial charge in [0.2, 0.25) is 0 Å². The molecule has 0 bridgehead atoms. The summed E-state index contributed by atoms with van der Waals surface area (Å²) in [5, 5.41) is 22.6. The van der Waals surface area contributed by atoms with Crippen molar-refractivity contribution in [3.05, 3.63) is 23.8 Å². The predicted molar refractivity (Wildman–Crippen MR) is 76.5 cm³/mol. The van der Waals surface area contributed by atoms with Crippen molar-refractivity contribution in [3.63, 3.8) is 0 Å². The number of phenols is 2. The largest absolute Gasteiger partial charge is 0.508 e. The average molecular weight is 264 g/mol. The molecule has 3 N–H and O–H groups in total. The third-order valence-electron chi connectivity index (χ3n) is 4.06. The Labute approximate surface area is 115 Å². The van der Waals surface area contributed by atoms with Crippen molar-refractivity contribution in [2.24, 2.45) is 0 Å². The monoisotopic (exact) mass is 264 g/mol. The van der Waals surface area contributed by atoms with Gasteiger partial charge in [0.15, 0.2) is 0 Å². The first-order valence-electron chi connectivity index (χ1n) is 7.03. The lowest BCUT2D eigenvalue weighted by Gasteiger charge is -2.33. The number of nitrogens with zero attached hydrogens (tertiary/aromatic N) is 1. The molecule has 4 nitrogen and oxygen atoms in total. The maximum Gasteiger partial charge on any atom is 0.124 e. The number of benzene rings is 1. The van der Waals surface area contributed by atoms with Crippen LogP contribution in [0.2, 0.25) is 0 Å². The number of piperidine rings is 1. The molecule has 19 heavy (non-hydrogen) atoms. The van der Waals surface area contributed by atoms with E-state index >= 15 is 0 Å². The molecule has 0 radical (unpaired) electrons. The normalized spacial score (nSPS) is 22.3. The Morgan fingerprint density at radius 1 is 1.37 bits per heavy atom. The van der Waals surface area contributed by atoms with E-state index in [1.54, 1.807) is 12.1 Å². The van der Waals surface area contributed by atoms with Gasteiger partial charge in [-0.25, -0.2) is 0 Å². The summed E-state index contributed by atoms with van der Waals surface area (Å²) in [6.07, 6.45) is 3.83. The first-order valence-corrected chi connectivity index (χ1v) is 7.03. The van der Waals surface area contributed by atoms with Crippen LogP contribution in [0, 0.1) is 0 Å². The molecule has 1 aliphatic heterocycles. The van der Waals surface area contributed by atoms with E-state index in [0.717, 1.165) is 12.1 Å². The molecule has 0 aromatic heterocycles. The van der Waals surface area contributed by atoms with Crippen LogP contribution in [0.25, 0.3) is 0 Å². The second-order valence-corrected chi connectivity index (χ2v) is 5.50. The highest BCUT2D eigenvalue weighted by atomic mass is 16.3. The van der Waals surface area contributed by atoms with Crippen LogP contribution in [-0.4, -0.2) is 41.3 Å². The van der Waals surface area contributed by atoms with Gasteiger partial charge in [0.1, 0.15) is 11.5 Å². The molecule has 0 saturated carbocycles. The highest BCUT2D eigenvalue weighted by Gasteiger charge is 2.20. The van der Waals surface area contributed by atoms with E-state index in [2.05, 4.69) is 17.3 Å². The van der Waals surface area contributed by atoms with Crippen LogP contribution in [0.3, 0.4) is 0 Å². The van der Waals surface area contributed by atoms with E-state index < -0.39 is 0 Å². The van der Waals surface area contributed by atoms with Gasteiger partial charge in [0.25, 0.3) is 0 Å². The third kappa shape index (κ3) is 3.61. The molecule has 2 unspecified atom stereocenters. The fourth-order valence-electron chi connectivity index (χ4n) is 2.72. The van der Waals surface area contributed by atoms with Crippen molar-refractivity contribution in [1.82, 2.24) is 10.2 Å². The maximum absolute atomic E-state index is 9.84. The quantitative estimate of drug-likeness (QED) is 0.780. The molecule has 0 spiro atoms. The lowest BCUT2D eigenvalue weighted by atomic mass is 10.0. The molecule has 4 heteroatoms. The number of hydrogen-bond acceptors (Lipinski definition) is 4. The van der Waals surface area contributed by atoms with Crippen LogP contribution >= 0.6 is 0 Å². The summed E-state index contributed by atoms with van der Waals surface area (Å²) < 4.78 is 0. The zero-order valence-corrected chi connectivity index (χ0v) is 11.8. The van der Waals surface area contributed by atoms with Crippen LogP contribution in [0.15, 0.2) is 18.2 Å². The Kier molecular flexibility index (Phi) is 4.66. The van der Waals surface area contributed by atoms with Gasteiger partial charge in [-0.15, -0.1) is 0 Å². The Hall–Kier alpha value is -1.26. The molecule has 1 aromatic carbocycles. The standard InChI is InChI=1S/C15H24N2O2/c1-11(14-7-6-13(18)9-15(14)19)16-10-12-5-3-4-8-17(12)2/h6-7,9,11-12,16,18-19H,3-5,8,10H2,1-2H3. The van der Waals surface area contributed by atoms with Gasteiger partial charge in [-0.1, -0.05) is 12.5 Å². The summed E-state index contributed by atoms with van der Waals surface area (Å²) in [6.45, 7) is 4.14. The third-order valence-corrected chi connectivity index (χ3v) is 4.06. The Morgan fingerprint density at radius 3 is 2.84 bits per heavy atom. The number of nitrogens with one attached hydrogen (secondary N) is 1. The molecule has 106 valence electrons. The first kappa shape index (κ1) is 14.2. The van der Waals surface area contributed by atoms with Crippen molar-refractivity contribution in [2.45, 2.75) is 38.3 Å². The summed E-state index contributed by atoms with van der Waals surface area (Å²) in [4.78, 5) is 2.40. The Bertz CT molecular complexity index is 423. The number of likely N-dealkylation sites (tertiary alicyclic amines) is 1. The number of aromatic hydroxyl groups is 2. The van der Waals surface area contributed by atoms with Crippen LogP contribution in [0.4, 0.5) is 0 Å². The molecule has 1 heterocycles. The predicted octanol–water partition coefficient (Wildman–Crippen LogP) is 2.23. The van der Waals surface area contributed by atoms with Crippen molar-refractivity contribution >= 4 is 0 Å². The zero-order valence-electron chi connectivity index (χ0n) is 11.8. The van der Waals surface area contributed by atoms with Crippen LogP contribution < -0.4 is 5.32 Å². The van der Waals surface area contributed by atoms with Gasteiger partial charge in [-0.2, -0.15) is 0 Å². The summed E-state index contributed by atoms with van der Waals surface area (Å²) in [5.41, 5.74) is 0.830. The lowest BCUT2D eigenvalue weighted by molar-refractivity contribution is 0.178. The first-order chi connectivity index (χ1) is 9.08. The minimum absolute atomic E-state index is 0.0796. The molecular formula is C15H24N2O2. The molecule has 1 aliphatic rings. The van der Waals surface area contributed by atoms with Gasteiger partial charge in [-0.05, 0) is 39.4 Å². The molecule has 2 rings (SSSR count). The number of rotatable bonds is 4. The number of likely N-dealkylation sites (N-methyl/N-ethyl adjacent to an activating group) is 1. The fraction of sp³-hybridized carbons (Fsp3) is 0.600. The number of phenolic OH excluding ortho intramolecular Hbond substituents is 2. The Morgan fingerprint density at radius 2 is 2.16 bits per heavy atom. The fourth-order valence-corrected chi connectivity index (χ4v) is 2.72. The van der Waals surface area contributed by atoms with Crippen molar-refractivity contribution in [1.29, 1.82) is 0 Å². The zero-order chi connectivity index (χ0) is 13.8. The van der Waals surface area contributed by atoms with Crippen LogP contribution in [-0.2, 0) is 0 Å². The van der Waals surface area contributed by atoms with Gasteiger partial charge < -0.3 is 20.4 Å². The van der Waals surface area contributed by atoms with Gasteiger partial charge in [-0.3, -0.25) is 0 Å². The molecule has 2 atom stereocenters. The summed E-state index contributed by atoms with van der Waals surface area (Å²) in [6, 6.07) is 5.43. The van der Waals surface area contributed by atoms with Gasteiger partial charge in [0, 0.05) is 30.3 Å². The minimum atomic E-state index is 0.0796. The summed E-state index contributed by atoms with van der Waals surface area (Å²) in [7, 11) is 2.17. The summed E-state index contributed by atoms with van der Waals surface area (Å²) >= 11 is 0. The van der Waals surface area contributed by atoms with Crippen molar-refractivity contribution < 1.29 is 10.2 Å². The molecule has 1 saturated heterocycles. The molecule has 1 fully saturated rings. The van der Waals surface area contributed by atoms with Gasteiger partial charge in [0.05, 0.1) is 0 Å². The summed E-state index contributed by atoms with van der Waals surface area (Å²) in [5.74, 6) is 0.248. The van der Waals surface area contributed by atoms with E-state index in [-0.39, 0.29) is 17.5 Å². The second kappa shape index (κ2) is 6.26. The topological polar surface area (TPSA) is 55.7 Å². The van der Waals surface area contributed by atoms with E-state index in [9.17, 15) is 10.2 Å². The molecular weight excluding hydrogens is 240 g/mol. The average Bonchev–Trinajstić information content (AvgIpc) is 2.37. The highest BCUT2D eigenvalue weighted by Crippen LogP contribution is 2.27.